The number of carbonyl (C=O) groups is 3. The van der Waals surface area contributed by atoms with Crippen molar-refractivity contribution in [2.24, 2.45) is 0 Å². The molecule has 1 unspecified atom stereocenters. The van der Waals surface area contributed by atoms with Gasteiger partial charge in [0.2, 0.25) is 0 Å². The van der Waals surface area contributed by atoms with Crippen LogP contribution in [0.3, 0.4) is 0 Å². The van der Waals surface area contributed by atoms with Crippen LogP contribution >= 0.6 is 0 Å². The van der Waals surface area contributed by atoms with Crippen molar-refractivity contribution in [3.8, 4) is 0 Å². The Hall–Kier alpha value is -4.45. The fraction of sp³-hybridized carbons (Fsp3) is 0.658. The predicted octanol–water partition coefficient (Wildman–Crippen LogP) is 22.5. The van der Waals surface area contributed by atoms with Crippen LogP contribution in [0.25, 0.3) is 0 Å². The van der Waals surface area contributed by atoms with Crippen LogP contribution in [0, 0.1) is 0 Å². The molecule has 0 spiro atoms. The number of hydrogen-bond acceptors (Lipinski definition) is 6. The zero-order chi connectivity index (χ0) is 57.1. The Balaban J connectivity index is 4.43. The van der Waals surface area contributed by atoms with Crippen molar-refractivity contribution >= 4 is 17.9 Å². The number of rotatable bonds is 58. The normalized spacial score (nSPS) is 13.0. The summed E-state index contributed by atoms with van der Waals surface area (Å²) in [5.41, 5.74) is 0. The lowest BCUT2D eigenvalue weighted by Crippen LogP contribution is -2.30. The molecule has 0 bridgehead atoms. The molecule has 1 atom stereocenters. The van der Waals surface area contributed by atoms with Gasteiger partial charge in [-0.1, -0.05) is 270 Å². The number of unbranched alkanes of at least 4 members (excludes halogenated alkanes) is 25. The lowest BCUT2D eigenvalue weighted by Gasteiger charge is -2.18. The SMILES string of the molecule is CC/C=C\C/C=C\C/C=C\C/C=C\C/C=C\CCCCCC(=O)OC(COC(=O)CCCCCCCCC/C=C\C/C=C\CCCCC)COC(=O)CCCCCCCCCCCCCC/C=C\C/C=C\C/C=C\C/C=C\CC. The first-order valence-electron chi connectivity index (χ1n) is 32.7. The van der Waals surface area contributed by atoms with Gasteiger partial charge in [-0.25, -0.2) is 0 Å². The highest BCUT2D eigenvalue weighted by molar-refractivity contribution is 5.71. The van der Waals surface area contributed by atoms with Crippen LogP contribution in [0.5, 0.6) is 0 Å². The molecule has 0 aromatic heterocycles. The monoisotopic (exact) mass is 1090 g/mol. The number of ether oxygens (including phenoxy) is 3. The number of carbonyl (C=O) groups excluding carboxylic acids is 3. The van der Waals surface area contributed by atoms with Crippen molar-refractivity contribution in [3.63, 3.8) is 0 Å². The third kappa shape index (κ3) is 64.3. The highest BCUT2D eigenvalue weighted by Gasteiger charge is 2.19. The molecule has 6 nitrogen and oxygen atoms in total. The van der Waals surface area contributed by atoms with Crippen LogP contribution in [0.2, 0.25) is 0 Å². The van der Waals surface area contributed by atoms with Crippen molar-refractivity contribution in [2.75, 3.05) is 13.2 Å². The van der Waals surface area contributed by atoms with Crippen molar-refractivity contribution < 1.29 is 28.6 Å². The second kappa shape index (κ2) is 66.1. The van der Waals surface area contributed by atoms with E-state index in [0.717, 1.165) is 135 Å². The summed E-state index contributed by atoms with van der Waals surface area (Å²) in [6, 6.07) is 0. The molecule has 0 heterocycles. The third-order valence-corrected chi connectivity index (χ3v) is 13.6. The van der Waals surface area contributed by atoms with E-state index >= 15 is 0 Å². The number of allylic oxidation sites excluding steroid dienone is 22. The van der Waals surface area contributed by atoms with Crippen molar-refractivity contribution in [1.82, 2.24) is 0 Å². The van der Waals surface area contributed by atoms with E-state index in [9.17, 15) is 14.4 Å². The fourth-order valence-corrected chi connectivity index (χ4v) is 8.79. The van der Waals surface area contributed by atoms with E-state index in [2.05, 4.69) is 154 Å². The van der Waals surface area contributed by atoms with Crippen LogP contribution in [-0.4, -0.2) is 37.2 Å². The fourth-order valence-electron chi connectivity index (χ4n) is 8.79. The summed E-state index contributed by atoms with van der Waals surface area (Å²) < 4.78 is 16.9. The summed E-state index contributed by atoms with van der Waals surface area (Å²) in [5, 5.41) is 0. The smallest absolute Gasteiger partial charge is 0.306 e. The molecule has 0 aliphatic rings. The molecule has 0 rings (SSSR count). The lowest BCUT2D eigenvalue weighted by molar-refractivity contribution is -0.167. The van der Waals surface area contributed by atoms with Gasteiger partial charge in [-0.3, -0.25) is 14.4 Å². The molecule has 0 saturated heterocycles. The molecule has 0 saturated carbocycles. The second-order valence-corrected chi connectivity index (χ2v) is 21.3. The third-order valence-electron chi connectivity index (χ3n) is 13.6. The summed E-state index contributed by atoms with van der Waals surface area (Å²) in [5.74, 6) is -0.936. The lowest BCUT2D eigenvalue weighted by atomic mass is 10.0. The molecule has 0 aliphatic heterocycles. The zero-order valence-corrected chi connectivity index (χ0v) is 51.3. The van der Waals surface area contributed by atoms with Crippen molar-refractivity contribution in [2.45, 2.75) is 297 Å². The maximum absolute atomic E-state index is 12.9. The van der Waals surface area contributed by atoms with Crippen molar-refractivity contribution in [3.05, 3.63) is 134 Å². The average molecular weight is 1090 g/mol. The first-order chi connectivity index (χ1) is 39.0. The van der Waals surface area contributed by atoms with Gasteiger partial charge in [-0.15, -0.1) is 0 Å². The molecule has 0 aromatic carbocycles. The van der Waals surface area contributed by atoms with E-state index < -0.39 is 6.10 Å². The van der Waals surface area contributed by atoms with Gasteiger partial charge < -0.3 is 14.2 Å². The summed E-state index contributed by atoms with van der Waals surface area (Å²) >= 11 is 0. The highest BCUT2D eigenvalue weighted by Crippen LogP contribution is 2.15. The van der Waals surface area contributed by atoms with Gasteiger partial charge in [0.25, 0.3) is 0 Å². The molecule has 0 aromatic rings. The van der Waals surface area contributed by atoms with E-state index in [1.807, 2.05) is 0 Å². The summed E-state index contributed by atoms with van der Waals surface area (Å²) in [6.07, 6.45) is 93.1. The van der Waals surface area contributed by atoms with E-state index in [1.165, 1.54) is 116 Å². The maximum atomic E-state index is 12.9. The van der Waals surface area contributed by atoms with Gasteiger partial charge in [-0.2, -0.15) is 0 Å². The Morgan fingerprint density at radius 2 is 0.494 bits per heavy atom. The first-order valence-corrected chi connectivity index (χ1v) is 32.7. The minimum atomic E-state index is -0.806. The largest absolute Gasteiger partial charge is 0.462 e. The van der Waals surface area contributed by atoms with Crippen LogP contribution in [0.15, 0.2) is 134 Å². The Morgan fingerprint density at radius 1 is 0.266 bits per heavy atom. The van der Waals surface area contributed by atoms with Gasteiger partial charge in [-0.05, 0) is 135 Å². The molecule has 0 aliphatic carbocycles. The van der Waals surface area contributed by atoms with Gasteiger partial charge in [0, 0.05) is 19.3 Å². The standard InChI is InChI=1S/C73H120O6/c1-4-7-10-13-16-19-22-25-28-31-33-34-35-36-37-38-40-42-45-48-51-54-57-60-63-66-72(75)78-69-70(68-77-71(74)65-62-59-56-53-50-47-44-41-30-27-24-21-18-15-12-9-6-3)79-73(76)67-64-61-58-55-52-49-46-43-39-32-29-26-23-20-17-14-11-8-5-2/h7-8,10-11,16-21,25-30,33-34,39,43,49,52,70H,4-6,9,12-15,22-24,31-32,35-38,40-42,44-48,50-51,53-69H2,1-3H3/b10-7-,11-8-,19-16-,20-17-,21-18-,28-25-,29-26-,30-27-,34-33-,43-39-,52-49-. The maximum Gasteiger partial charge on any atom is 0.306 e. The second-order valence-electron chi connectivity index (χ2n) is 21.3. The molecule has 79 heavy (non-hydrogen) atoms. The Bertz CT molecular complexity index is 1680. The van der Waals surface area contributed by atoms with Crippen LogP contribution in [0.4, 0.5) is 0 Å². The topological polar surface area (TPSA) is 78.9 Å². The molecule has 0 amide bonds. The van der Waals surface area contributed by atoms with E-state index in [0.29, 0.717) is 12.8 Å². The van der Waals surface area contributed by atoms with Gasteiger partial charge in [0.05, 0.1) is 0 Å². The van der Waals surface area contributed by atoms with Gasteiger partial charge >= 0.3 is 17.9 Å². The Labute approximate surface area is 487 Å². The van der Waals surface area contributed by atoms with Crippen LogP contribution in [-0.2, 0) is 28.6 Å². The van der Waals surface area contributed by atoms with Gasteiger partial charge in [0.15, 0.2) is 6.10 Å². The Morgan fingerprint density at radius 3 is 0.785 bits per heavy atom. The minimum Gasteiger partial charge on any atom is -0.462 e. The molecule has 6 heteroatoms. The molecular weight excluding hydrogens is 973 g/mol. The van der Waals surface area contributed by atoms with Gasteiger partial charge in [0.1, 0.15) is 13.2 Å². The first kappa shape index (κ1) is 74.5. The Kier molecular flexibility index (Phi) is 62.3. The molecule has 0 fully saturated rings. The number of esters is 3. The highest BCUT2D eigenvalue weighted by atomic mass is 16.6. The average Bonchev–Trinajstić information content (AvgIpc) is 3.45. The minimum absolute atomic E-state index is 0.0980. The quantitative estimate of drug-likeness (QED) is 0.0261. The predicted molar refractivity (Wildman–Crippen MR) is 343 cm³/mol. The summed E-state index contributed by atoms with van der Waals surface area (Å²) in [6.45, 7) is 6.37. The zero-order valence-electron chi connectivity index (χ0n) is 51.3. The van der Waals surface area contributed by atoms with E-state index in [4.69, 9.17) is 14.2 Å². The van der Waals surface area contributed by atoms with Crippen molar-refractivity contribution in [1.29, 1.82) is 0 Å². The van der Waals surface area contributed by atoms with E-state index in [-0.39, 0.29) is 37.5 Å². The molecule has 0 N–H and O–H groups in total. The van der Waals surface area contributed by atoms with Crippen LogP contribution < -0.4 is 0 Å². The summed E-state index contributed by atoms with van der Waals surface area (Å²) in [4.78, 5) is 38.4. The molecule has 448 valence electrons. The summed E-state index contributed by atoms with van der Waals surface area (Å²) in [7, 11) is 0. The number of hydrogen-bond donors (Lipinski definition) is 0. The van der Waals surface area contributed by atoms with E-state index in [1.54, 1.807) is 0 Å². The molecule has 0 radical (unpaired) electrons. The van der Waals surface area contributed by atoms with Crippen LogP contribution in [0.1, 0.15) is 290 Å². The molecular formula is C73H120O6.